The number of nitrogens with zero attached hydrogens (tertiary/aromatic N) is 2. The smallest absolute Gasteiger partial charge is 0.212 e. The SMILES string of the molecule is O=S(=O)(Cl)CCc1csnn1. The van der Waals surface area contributed by atoms with E-state index in [1.807, 2.05) is 0 Å². The standard InChI is InChI=1S/C4H5ClN2O2S2/c5-11(8,9)2-1-4-3-10-7-6-4/h3H,1-2H2. The van der Waals surface area contributed by atoms with Crippen LogP contribution in [-0.4, -0.2) is 23.8 Å². The Bertz CT molecular complexity index is 307. The van der Waals surface area contributed by atoms with Gasteiger partial charge in [-0.2, -0.15) is 0 Å². The third kappa shape index (κ3) is 3.64. The topological polar surface area (TPSA) is 59.9 Å². The van der Waals surface area contributed by atoms with E-state index in [9.17, 15) is 8.42 Å². The fourth-order valence-corrected chi connectivity index (χ4v) is 1.69. The molecule has 1 heterocycles. The second kappa shape index (κ2) is 3.46. The van der Waals surface area contributed by atoms with Crippen LogP contribution in [0.15, 0.2) is 5.38 Å². The van der Waals surface area contributed by atoms with Gasteiger partial charge < -0.3 is 0 Å². The molecule has 1 aromatic rings. The predicted molar refractivity (Wildman–Crippen MR) is 43.3 cm³/mol. The van der Waals surface area contributed by atoms with Gasteiger partial charge in [0.25, 0.3) is 0 Å². The lowest BCUT2D eigenvalue weighted by Gasteiger charge is -1.90. The Morgan fingerprint density at radius 2 is 2.36 bits per heavy atom. The van der Waals surface area contributed by atoms with Crippen molar-refractivity contribution >= 4 is 31.3 Å². The van der Waals surface area contributed by atoms with Gasteiger partial charge in [0.2, 0.25) is 9.05 Å². The minimum absolute atomic E-state index is 0.0834. The van der Waals surface area contributed by atoms with E-state index in [2.05, 4.69) is 9.59 Å². The van der Waals surface area contributed by atoms with Crippen LogP contribution in [-0.2, 0) is 15.5 Å². The maximum absolute atomic E-state index is 10.4. The first-order valence-corrected chi connectivity index (χ1v) is 6.08. The predicted octanol–water partition coefficient (Wildman–Crippen LogP) is 0.649. The van der Waals surface area contributed by atoms with E-state index < -0.39 is 9.05 Å². The average Bonchev–Trinajstić information content (AvgIpc) is 2.32. The van der Waals surface area contributed by atoms with Gasteiger partial charge in [0, 0.05) is 22.5 Å². The van der Waals surface area contributed by atoms with Gasteiger partial charge in [-0.1, -0.05) is 4.49 Å². The van der Waals surface area contributed by atoms with Crippen LogP contribution in [0.1, 0.15) is 5.69 Å². The van der Waals surface area contributed by atoms with Crippen LogP contribution in [0.5, 0.6) is 0 Å². The third-order valence-electron chi connectivity index (χ3n) is 1.01. The highest BCUT2D eigenvalue weighted by atomic mass is 35.7. The van der Waals surface area contributed by atoms with Crippen molar-refractivity contribution in [3.8, 4) is 0 Å². The van der Waals surface area contributed by atoms with Gasteiger partial charge in [0.15, 0.2) is 0 Å². The molecule has 0 spiro atoms. The van der Waals surface area contributed by atoms with Crippen LogP contribution in [0.3, 0.4) is 0 Å². The number of rotatable bonds is 3. The maximum atomic E-state index is 10.4. The van der Waals surface area contributed by atoms with Crippen molar-refractivity contribution in [2.75, 3.05) is 5.75 Å². The van der Waals surface area contributed by atoms with Gasteiger partial charge in [-0.05, 0) is 11.5 Å². The number of aryl methyl sites for hydroxylation is 1. The summed E-state index contributed by atoms with van der Waals surface area (Å²) in [5.74, 6) is -0.0834. The van der Waals surface area contributed by atoms with Gasteiger partial charge in [-0.3, -0.25) is 0 Å². The monoisotopic (exact) mass is 212 g/mol. The molecule has 0 amide bonds. The van der Waals surface area contributed by atoms with Gasteiger partial charge in [-0.25, -0.2) is 8.42 Å². The third-order valence-corrected chi connectivity index (χ3v) is 2.72. The normalized spacial score (nSPS) is 11.7. The van der Waals surface area contributed by atoms with E-state index >= 15 is 0 Å². The lowest BCUT2D eigenvalue weighted by molar-refractivity contribution is 0.608. The zero-order chi connectivity index (χ0) is 8.32. The van der Waals surface area contributed by atoms with Gasteiger partial charge >= 0.3 is 0 Å². The van der Waals surface area contributed by atoms with E-state index in [4.69, 9.17) is 10.7 Å². The molecule has 0 N–H and O–H groups in total. The molecule has 0 aromatic carbocycles. The van der Waals surface area contributed by atoms with Crippen molar-refractivity contribution in [1.82, 2.24) is 9.59 Å². The molecule has 1 rings (SSSR count). The molecule has 0 radical (unpaired) electrons. The number of halogens is 1. The minimum Gasteiger partial charge on any atom is -0.212 e. The zero-order valence-corrected chi connectivity index (χ0v) is 7.79. The lowest BCUT2D eigenvalue weighted by Crippen LogP contribution is -2.01. The lowest BCUT2D eigenvalue weighted by atomic mass is 10.4. The molecular formula is C4H5ClN2O2S2. The summed E-state index contributed by atoms with van der Waals surface area (Å²) < 4.78 is 24.5. The Hall–Kier alpha value is -0.200. The summed E-state index contributed by atoms with van der Waals surface area (Å²) in [6.07, 6.45) is 0.336. The van der Waals surface area contributed by atoms with Crippen LogP contribution >= 0.6 is 22.2 Å². The van der Waals surface area contributed by atoms with Crippen molar-refractivity contribution in [1.29, 1.82) is 0 Å². The van der Waals surface area contributed by atoms with Crippen LogP contribution in [0, 0.1) is 0 Å². The molecule has 0 aliphatic carbocycles. The molecular weight excluding hydrogens is 208 g/mol. The van der Waals surface area contributed by atoms with E-state index in [0.29, 0.717) is 12.1 Å². The Balaban J connectivity index is 2.48. The maximum Gasteiger partial charge on any atom is 0.232 e. The molecule has 0 unspecified atom stereocenters. The quantitative estimate of drug-likeness (QED) is 0.691. The molecule has 7 heteroatoms. The average molecular weight is 213 g/mol. The first-order chi connectivity index (χ1) is 5.08. The Labute approximate surface area is 72.8 Å². The Kier molecular flexibility index (Phi) is 2.80. The van der Waals surface area contributed by atoms with E-state index in [0.717, 1.165) is 0 Å². The van der Waals surface area contributed by atoms with E-state index in [-0.39, 0.29) is 5.75 Å². The molecule has 0 fully saturated rings. The molecule has 0 aliphatic heterocycles. The van der Waals surface area contributed by atoms with Crippen LogP contribution < -0.4 is 0 Å². The van der Waals surface area contributed by atoms with Gasteiger partial charge in [0.05, 0.1) is 11.4 Å². The molecule has 0 bridgehead atoms. The number of aromatic nitrogens is 2. The van der Waals surface area contributed by atoms with Gasteiger partial charge in [-0.15, -0.1) is 5.10 Å². The van der Waals surface area contributed by atoms with Gasteiger partial charge in [0.1, 0.15) is 0 Å². The van der Waals surface area contributed by atoms with E-state index in [1.165, 1.54) is 11.5 Å². The molecule has 11 heavy (non-hydrogen) atoms. The Morgan fingerprint density at radius 3 is 2.82 bits per heavy atom. The molecule has 0 saturated heterocycles. The fraction of sp³-hybridized carbons (Fsp3) is 0.500. The number of hydrogen-bond acceptors (Lipinski definition) is 5. The highest BCUT2D eigenvalue weighted by molar-refractivity contribution is 8.13. The first-order valence-electron chi connectivity index (χ1n) is 2.76. The van der Waals surface area contributed by atoms with Crippen LogP contribution in [0.4, 0.5) is 0 Å². The summed E-state index contributed by atoms with van der Waals surface area (Å²) in [4.78, 5) is 0. The summed E-state index contributed by atoms with van der Waals surface area (Å²) in [5, 5.41) is 5.36. The summed E-state index contributed by atoms with van der Waals surface area (Å²) in [5.41, 5.74) is 0.666. The molecule has 1 aromatic heterocycles. The van der Waals surface area contributed by atoms with Crippen molar-refractivity contribution in [3.63, 3.8) is 0 Å². The molecule has 0 aliphatic rings. The first kappa shape index (κ1) is 8.89. The second-order valence-corrected chi connectivity index (χ2v) is 5.40. The molecule has 4 nitrogen and oxygen atoms in total. The highest BCUT2D eigenvalue weighted by Gasteiger charge is 2.06. The Morgan fingerprint density at radius 1 is 1.64 bits per heavy atom. The van der Waals surface area contributed by atoms with Crippen molar-refractivity contribution in [2.45, 2.75) is 6.42 Å². The second-order valence-electron chi connectivity index (χ2n) is 1.89. The van der Waals surface area contributed by atoms with E-state index in [1.54, 1.807) is 5.38 Å². The summed E-state index contributed by atoms with van der Waals surface area (Å²) in [7, 11) is 1.59. The summed E-state index contributed by atoms with van der Waals surface area (Å²) in [6, 6.07) is 0. The molecule has 62 valence electrons. The van der Waals surface area contributed by atoms with Crippen molar-refractivity contribution < 1.29 is 8.42 Å². The summed E-state index contributed by atoms with van der Waals surface area (Å²) >= 11 is 1.19. The number of hydrogen-bond donors (Lipinski definition) is 0. The van der Waals surface area contributed by atoms with Crippen molar-refractivity contribution in [2.24, 2.45) is 0 Å². The minimum atomic E-state index is -3.39. The fourth-order valence-electron chi connectivity index (χ4n) is 0.519. The van der Waals surface area contributed by atoms with Crippen LogP contribution in [0.25, 0.3) is 0 Å². The van der Waals surface area contributed by atoms with Crippen LogP contribution in [0.2, 0.25) is 0 Å². The summed E-state index contributed by atoms with van der Waals surface area (Å²) in [6.45, 7) is 0. The molecule has 0 atom stereocenters. The largest absolute Gasteiger partial charge is 0.232 e. The van der Waals surface area contributed by atoms with Crippen molar-refractivity contribution in [3.05, 3.63) is 11.1 Å². The molecule has 0 saturated carbocycles. The zero-order valence-electron chi connectivity index (χ0n) is 5.40. The highest BCUT2D eigenvalue weighted by Crippen LogP contribution is 2.03.